The lowest BCUT2D eigenvalue weighted by Gasteiger charge is -2.38. The Balaban J connectivity index is 1.73. The first kappa shape index (κ1) is 17.7. The Labute approximate surface area is 158 Å². The molecule has 0 spiro atoms. The van der Waals surface area contributed by atoms with E-state index in [1.165, 1.54) is 7.11 Å². The Morgan fingerprint density at radius 1 is 1.07 bits per heavy atom. The molecule has 27 heavy (non-hydrogen) atoms. The van der Waals surface area contributed by atoms with Gasteiger partial charge in [0.05, 0.1) is 13.0 Å². The van der Waals surface area contributed by atoms with Gasteiger partial charge in [0.25, 0.3) is 10.0 Å². The van der Waals surface area contributed by atoms with E-state index in [0.717, 1.165) is 5.56 Å². The van der Waals surface area contributed by atoms with E-state index < -0.39 is 10.0 Å². The van der Waals surface area contributed by atoms with Gasteiger partial charge >= 0.3 is 5.97 Å². The second-order valence-electron chi connectivity index (χ2n) is 6.85. The van der Waals surface area contributed by atoms with Crippen LogP contribution in [0.1, 0.15) is 23.5 Å². The fourth-order valence-corrected chi connectivity index (χ4v) is 5.12. The maximum absolute atomic E-state index is 12.4. The van der Waals surface area contributed by atoms with E-state index in [4.69, 9.17) is 4.74 Å². The highest BCUT2D eigenvalue weighted by molar-refractivity contribution is 7.90. The monoisotopic (exact) mass is 384 g/mol. The summed E-state index contributed by atoms with van der Waals surface area (Å²) in [6, 6.07) is 16.8. The molecule has 2 atom stereocenters. The van der Waals surface area contributed by atoms with Crippen LogP contribution in [0.25, 0.3) is 0 Å². The van der Waals surface area contributed by atoms with Crippen molar-refractivity contribution in [1.82, 2.24) is 4.90 Å². The van der Waals surface area contributed by atoms with E-state index in [1.54, 1.807) is 24.3 Å². The first-order valence-electron chi connectivity index (χ1n) is 8.81. The maximum Gasteiger partial charge on any atom is 0.310 e. The number of amidine groups is 1. The number of piperidine rings is 1. The van der Waals surface area contributed by atoms with Gasteiger partial charge in [0.15, 0.2) is 5.84 Å². The van der Waals surface area contributed by atoms with E-state index in [2.05, 4.69) is 4.40 Å². The van der Waals surface area contributed by atoms with Crippen LogP contribution in [-0.4, -0.2) is 45.3 Å². The number of methoxy groups -OCH3 is 1. The summed E-state index contributed by atoms with van der Waals surface area (Å²) in [6.45, 7) is 0.985. The second-order valence-corrected chi connectivity index (χ2v) is 8.43. The van der Waals surface area contributed by atoms with Crippen LogP contribution >= 0.6 is 0 Å². The summed E-state index contributed by atoms with van der Waals surface area (Å²) in [4.78, 5) is 14.4. The molecule has 2 unspecified atom stereocenters. The van der Waals surface area contributed by atoms with Crippen molar-refractivity contribution in [2.45, 2.75) is 17.2 Å². The SMILES string of the molecule is COC(=O)C1CC(c2ccccc2)CN(C2=NS(=O)(=O)c3ccccc32)C1. The van der Waals surface area contributed by atoms with Crippen molar-refractivity contribution in [3.8, 4) is 0 Å². The minimum atomic E-state index is -3.70. The van der Waals surface area contributed by atoms with E-state index in [-0.39, 0.29) is 22.7 Å². The zero-order valence-corrected chi connectivity index (χ0v) is 15.7. The van der Waals surface area contributed by atoms with Crippen LogP contribution in [0.5, 0.6) is 0 Å². The zero-order valence-electron chi connectivity index (χ0n) is 14.9. The molecular weight excluding hydrogens is 364 g/mol. The van der Waals surface area contributed by atoms with Gasteiger partial charge in [0.1, 0.15) is 4.90 Å². The molecule has 1 saturated heterocycles. The Hall–Kier alpha value is -2.67. The van der Waals surface area contributed by atoms with Crippen LogP contribution in [0.3, 0.4) is 0 Å². The number of carbonyl (C=O) groups excluding carboxylic acids is 1. The van der Waals surface area contributed by atoms with Gasteiger partial charge in [-0.25, -0.2) is 0 Å². The minimum absolute atomic E-state index is 0.0854. The third-order valence-corrected chi connectivity index (χ3v) is 6.49. The van der Waals surface area contributed by atoms with Crippen LogP contribution in [0.2, 0.25) is 0 Å². The minimum Gasteiger partial charge on any atom is -0.469 e. The molecule has 0 amide bonds. The van der Waals surface area contributed by atoms with Crippen molar-refractivity contribution in [3.05, 3.63) is 65.7 Å². The highest BCUT2D eigenvalue weighted by atomic mass is 32.2. The molecule has 140 valence electrons. The van der Waals surface area contributed by atoms with Crippen LogP contribution in [0, 0.1) is 5.92 Å². The smallest absolute Gasteiger partial charge is 0.310 e. The number of sulfonamides is 1. The molecule has 2 aliphatic rings. The molecule has 4 rings (SSSR count). The third-order valence-electron chi connectivity index (χ3n) is 5.17. The Morgan fingerprint density at radius 3 is 2.52 bits per heavy atom. The quantitative estimate of drug-likeness (QED) is 0.743. The summed E-state index contributed by atoms with van der Waals surface area (Å²) in [7, 11) is -2.32. The predicted molar refractivity (Wildman–Crippen MR) is 101 cm³/mol. The van der Waals surface area contributed by atoms with E-state index in [1.807, 2.05) is 35.2 Å². The van der Waals surface area contributed by atoms with E-state index in [0.29, 0.717) is 30.9 Å². The predicted octanol–water partition coefficient (Wildman–Crippen LogP) is 2.41. The molecule has 0 bridgehead atoms. The van der Waals surface area contributed by atoms with Crippen molar-refractivity contribution in [1.29, 1.82) is 0 Å². The zero-order chi connectivity index (χ0) is 19.0. The van der Waals surface area contributed by atoms with Gasteiger partial charge in [-0.2, -0.15) is 8.42 Å². The molecule has 0 N–H and O–H groups in total. The largest absolute Gasteiger partial charge is 0.469 e. The van der Waals surface area contributed by atoms with Crippen LogP contribution in [-0.2, 0) is 19.6 Å². The number of hydrogen-bond donors (Lipinski definition) is 0. The number of benzene rings is 2. The number of likely N-dealkylation sites (tertiary alicyclic amines) is 1. The molecule has 6 nitrogen and oxygen atoms in total. The van der Waals surface area contributed by atoms with Gasteiger partial charge < -0.3 is 9.64 Å². The van der Waals surface area contributed by atoms with Crippen molar-refractivity contribution < 1.29 is 17.9 Å². The number of rotatable bonds is 2. The highest BCUT2D eigenvalue weighted by Crippen LogP contribution is 2.35. The fraction of sp³-hybridized carbons (Fsp3) is 0.300. The van der Waals surface area contributed by atoms with Gasteiger partial charge in [-0.3, -0.25) is 4.79 Å². The number of hydrogen-bond acceptors (Lipinski definition) is 5. The first-order valence-corrected chi connectivity index (χ1v) is 10.3. The molecule has 2 aromatic rings. The fourth-order valence-electron chi connectivity index (χ4n) is 3.89. The average Bonchev–Trinajstić information content (AvgIpc) is 2.99. The second kappa shape index (κ2) is 6.81. The lowest BCUT2D eigenvalue weighted by molar-refractivity contribution is -0.147. The van der Waals surface area contributed by atoms with Crippen molar-refractivity contribution in [2.75, 3.05) is 20.2 Å². The Bertz CT molecular complexity index is 1000. The summed E-state index contributed by atoms with van der Waals surface area (Å²) in [6.07, 6.45) is 0.662. The molecule has 0 aromatic heterocycles. The van der Waals surface area contributed by atoms with E-state index >= 15 is 0 Å². The van der Waals surface area contributed by atoms with Crippen molar-refractivity contribution in [3.63, 3.8) is 0 Å². The topological polar surface area (TPSA) is 76.0 Å². The molecule has 2 aromatic carbocycles. The van der Waals surface area contributed by atoms with Crippen LogP contribution < -0.4 is 0 Å². The lowest BCUT2D eigenvalue weighted by atomic mass is 9.84. The van der Waals surface area contributed by atoms with Gasteiger partial charge in [-0.05, 0) is 24.1 Å². The summed E-state index contributed by atoms with van der Waals surface area (Å²) >= 11 is 0. The molecule has 7 heteroatoms. The molecule has 2 aliphatic heterocycles. The Kier molecular flexibility index (Phi) is 4.47. The molecule has 1 fully saturated rings. The van der Waals surface area contributed by atoms with Crippen molar-refractivity contribution >= 4 is 21.8 Å². The number of ether oxygens (including phenoxy) is 1. The Morgan fingerprint density at radius 2 is 1.78 bits per heavy atom. The standard InChI is InChI=1S/C20H20N2O4S/c1-26-20(23)16-11-15(14-7-3-2-4-8-14)12-22(13-16)19-17-9-5-6-10-18(17)27(24,25)21-19/h2-10,15-16H,11-13H2,1H3. The van der Waals surface area contributed by atoms with Crippen LogP contribution in [0.15, 0.2) is 63.9 Å². The average molecular weight is 384 g/mol. The summed E-state index contributed by atoms with van der Waals surface area (Å²) in [5.74, 6) is -0.121. The summed E-state index contributed by atoms with van der Waals surface area (Å²) < 4.78 is 33.8. The molecule has 0 radical (unpaired) electrons. The maximum atomic E-state index is 12.4. The summed E-state index contributed by atoms with van der Waals surface area (Å²) in [5, 5.41) is 0. The summed E-state index contributed by atoms with van der Waals surface area (Å²) in [5.41, 5.74) is 1.71. The van der Waals surface area contributed by atoms with E-state index in [9.17, 15) is 13.2 Å². The third kappa shape index (κ3) is 3.23. The van der Waals surface area contributed by atoms with Crippen molar-refractivity contribution in [2.24, 2.45) is 10.3 Å². The first-order chi connectivity index (χ1) is 13.0. The lowest BCUT2D eigenvalue weighted by Crippen LogP contribution is -2.45. The molecule has 0 aliphatic carbocycles. The highest BCUT2D eigenvalue weighted by Gasteiger charge is 2.38. The van der Waals surface area contributed by atoms with Crippen LogP contribution in [0.4, 0.5) is 0 Å². The van der Waals surface area contributed by atoms with Gasteiger partial charge in [0, 0.05) is 24.6 Å². The number of esters is 1. The van der Waals surface area contributed by atoms with Gasteiger partial charge in [-0.1, -0.05) is 42.5 Å². The number of nitrogens with zero attached hydrogens (tertiary/aromatic N) is 2. The van der Waals surface area contributed by atoms with Gasteiger partial charge in [0.2, 0.25) is 0 Å². The number of fused-ring (bicyclic) bond motifs is 1. The molecule has 2 heterocycles. The van der Waals surface area contributed by atoms with Gasteiger partial charge in [-0.15, -0.1) is 4.40 Å². The molecule has 0 saturated carbocycles. The number of carbonyl (C=O) groups is 1. The normalized spacial score (nSPS) is 23.4. The molecular formula is C20H20N2O4S.